The predicted molar refractivity (Wildman–Crippen MR) is 95.7 cm³/mol. The highest BCUT2D eigenvalue weighted by molar-refractivity contribution is 5.91. The quantitative estimate of drug-likeness (QED) is 0.914. The van der Waals surface area contributed by atoms with Crippen LogP contribution >= 0.6 is 0 Å². The Morgan fingerprint density at radius 2 is 2.21 bits per heavy atom. The summed E-state index contributed by atoms with van der Waals surface area (Å²) in [5.41, 5.74) is 2.80. The molecule has 2 heterocycles. The van der Waals surface area contributed by atoms with Crippen LogP contribution in [0.25, 0.3) is 0 Å². The molecule has 0 spiro atoms. The largest absolute Gasteiger partial charge is 0.443 e. The molecule has 2 aliphatic heterocycles. The molecule has 0 aliphatic carbocycles. The lowest BCUT2D eigenvalue weighted by atomic mass is 10.0. The van der Waals surface area contributed by atoms with Crippen molar-refractivity contribution in [2.75, 3.05) is 30.0 Å². The predicted octanol–water partition coefficient (Wildman–Crippen LogP) is 3.82. The van der Waals surface area contributed by atoms with Gasteiger partial charge in [-0.05, 0) is 64.3 Å². The Bertz CT molecular complexity index is 603. The van der Waals surface area contributed by atoms with Crippen molar-refractivity contribution in [1.29, 1.82) is 0 Å². The molecule has 0 saturated carbocycles. The van der Waals surface area contributed by atoms with Crippen molar-refractivity contribution in [3.8, 4) is 0 Å². The number of hydrogen-bond acceptors (Lipinski definition) is 4. The van der Waals surface area contributed by atoms with Gasteiger partial charge in [-0.15, -0.1) is 0 Å². The minimum atomic E-state index is -0.472. The second-order valence-electron chi connectivity index (χ2n) is 7.78. The molecule has 1 fully saturated rings. The topological polar surface area (TPSA) is 50.8 Å². The Kier molecular flexibility index (Phi) is 4.72. The van der Waals surface area contributed by atoms with Gasteiger partial charge in [0.05, 0.1) is 12.3 Å². The maximum atomic E-state index is 12.3. The molecule has 1 amide bonds. The van der Waals surface area contributed by atoms with Crippen LogP contribution in [-0.4, -0.2) is 37.5 Å². The summed E-state index contributed by atoms with van der Waals surface area (Å²) in [4.78, 5) is 14.1. The number of anilines is 2. The van der Waals surface area contributed by atoms with Gasteiger partial charge < -0.3 is 14.8 Å². The summed E-state index contributed by atoms with van der Waals surface area (Å²) in [6, 6.07) is 6.61. The van der Waals surface area contributed by atoms with E-state index in [9.17, 15) is 4.79 Å². The summed E-state index contributed by atoms with van der Waals surface area (Å²) in [7, 11) is 0. The van der Waals surface area contributed by atoms with Crippen LogP contribution in [0.4, 0.5) is 16.2 Å². The molecule has 5 nitrogen and oxygen atoms in total. The SMILES string of the molecule is CC(Nc1ccc2c(c1)CCN2C(=O)OC(C)(C)C)C1CCOC1. The number of carbonyl (C=O) groups excluding carboxylic acids is 1. The van der Waals surface area contributed by atoms with Gasteiger partial charge >= 0.3 is 6.09 Å². The number of fused-ring (bicyclic) bond motifs is 1. The molecule has 1 saturated heterocycles. The average molecular weight is 332 g/mol. The van der Waals surface area contributed by atoms with E-state index in [1.165, 1.54) is 5.56 Å². The molecule has 1 N–H and O–H groups in total. The van der Waals surface area contributed by atoms with Crippen molar-refractivity contribution in [1.82, 2.24) is 0 Å². The van der Waals surface area contributed by atoms with Crippen LogP contribution in [0.1, 0.15) is 39.7 Å². The van der Waals surface area contributed by atoms with E-state index >= 15 is 0 Å². The average Bonchev–Trinajstić information content (AvgIpc) is 3.14. The van der Waals surface area contributed by atoms with Crippen molar-refractivity contribution in [2.24, 2.45) is 5.92 Å². The summed E-state index contributed by atoms with van der Waals surface area (Å²) < 4.78 is 11.0. The molecule has 132 valence electrons. The van der Waals surface area contributed by atoms with E-state index in [0.29, 0.717) is 18.5 Å². The van der Waals surface area contributed by atoms with Gasteiger partial charge in [-0.2, -0.15) is 0 Å². The first kappa shape index (κ1) is 17.1. The van der Waals surface area contributed by atoms with E-state index in [-0.39, 0.29) is 6.09 Å². The fourth-order valence-electron chi connectivity index (χ4n) is 3.33. The van der Waals surface area contributed by atoms with Gasteiger partial charge in [0.1, 0.15) is 5.60 Å². The molecule has 24 heavy (non-hydrogen) atoms. The van der Waals surface area contributed by atoms with E-state index in [4.69, 9.17) is 9.47 Å². The number of nitrogens with one attached hydrogen (secondary N) is 1. The Morgan fingerprint density at radius 1 is 1.42 bits per heavy atom. The zero-order valence-electron chi connectivity index (χ0n) is 15.1. The molecule has 0 radical (unpaired) electrons. The monoisotopic (exact) mass is 332 g/mol. The lowest BCUT2D eigenvalue weighted by Gasteiger charge is -2.25. The second-order valence-corrected chi connectivity index (χ2v) is 7.78. The van der Waals surface area contributed by atoms with Crippen LogP contribution in [0, 0.1) is 5.92 Å². The normalized spacial score (nSPS) is 21.5. The summed E-state index contributed by atoms with van der Waals surface area (Å²) >= 11 is 0. The van der Waals surface area contributed by atoms with Gasteiger partial charge in [-0.3, -0.25) is 4.90 Å². The molecule has 5 heteroatoms. The zero-order valence-corrected chi connectivity index (χ0v) is 15.1. The van der Waals surface area contributed by atoms with Crippen molar-refractivity contribution in [3.05, 3.63) is 23.8 Å². The summed E-state index contributed by atoms with van der Waals surface area (Å²) in [5, 5.41) is 3.58. The summed E-state index contributed by atoms with van der Waals surface area (Å²) in [5.74, 6) is 0.566. The van der Waals surface area contributed by atoms with E-state index < -0.39 is 5.60 Å². The highest BCUT2D eigenvalue weighted by Crippen LogP contribution is 2.32. The number of rotatable bonds is 3. The van der Waals surface area contributed by atoms with Crippen molar-refractivity contribution >= 4 is 17.5 Å². The standard InChI is InChI=1S/C19H28N2O3/c1-13(15-8-10-23-12-15)20-16-5-6-17-14(11-16)7-9-21(17)18(22)24-19(2,3)4/h5-6,11,13,15,20H,7-10,12H2,1-4H3. The summed E-state index contributed by atoms with van der Waals surface area (Å²) in [6.07, 6.45) is 1.72. The van der Waals surface area contributed by atoms with Gasteiger partial charge in [0.2, 0.25) is 0 Å². The second kappa shape index (κ2) is 6.63. The first-order chi connectivity index (χ1) is 11.3. The van der Waals surface area contributed by atoms with Crippen molar-refractivity contribution < 1.29 is 14.3 Å². The first-order valence-corrected chi connectivity index (χ1v) is 8.81. The van der Waals surface area contributed by atoms with Gasteiger partial charge in [-0.1, -0.05) is 0 Å². The Labute approximate surface area is 144 Å². The molecule has 0 bridgehead atoms. The fourth-order valence-corrected chi connectivity index (χ4v) is 3.33. The van der Waals surface area contributed by atoms with E-state index in [1.807, 2.05) is 32.9 Å². The van der Waals surface area contributed by atoms with Crippen LogP contribution in [0.3, 0.4) is 0 Å². The third-order valence-electron chi connectivity index (χ3n) is 4.66. The van der Waals surface area contributed by atoms with E-state index in [0.717, 1.165) is 37.4 Å². The molecule has 2 aliphatic rings. The number of amides is 1. The molecule has 2 atom stereocenters. The third-order valence-corrected chi connectivity index (χ3v) is 4.66. The third kappa shape index (κ3) is 3.83. The van der Waals surface area contributed by atoms with Crippen LogP contribution in [-0.2, 0) is 15.9 Å². The van der Waals surface area contributed by atoms with Crippen LogP contribution in [0.5, 0.6) is 0 Å². The molecular formula is C19H28N2O3. The Morgan fingerprint density at radius 3 is 2.88 bits per heavy atom. The van der Waals surface area contributed by atoms with E-state index in [2.05, 4.69) is 18.3 Å². The number of carbonyl (C=O) groups is 1. The van der Waals surface area contributed by atoms with Crippen LogP contribution in [0.2, 0.25) is 0 Å². The van der Waals surface area contributed by atoms with E-state index in [1.54, 1.807) is 4.90 Å². The Balaban J connectivity index is 1.67. The number of nitrogens with zero attached hydrogens (tertiary/aromatic N) is 1. The van der Waals surface area contributed by atoms with Gasteiger partial charge in [-0.25, -0.2) is 4.79 Å². The van der Waals surface area contributed by atoms with Gasteiger partial charge in [0.15, 0.2) is 0 Å². The fraction of sp³-hybridized carbons (Fsp3) is 0.632. The number of ether oxygens (including phenoxy) is 2. The smallest absolute Gasteiger partial charge is 0.414 e. The van der Waals surface area contributed by atoms with Gasteiger partial charge in [0.25, 0.3) is 0 Å². The lowest BCUT2D eigenvalue weighted by Crippen LogP contribution is -2.35. The van der Waals surface area contributed by atoms with Gasteiger partial charge in [0, 0.05) is 30.8 Å². The zero-order chi connectivity index (χ0) is 17.3. The maximum absolute atomic E-state index is 12.3. The van der Waals surface area contributed by atoms with Crippen LogP contribution < -0.4 is 10.2 Å². The van der Waals surface area contributed by atoms with Crippen LogP contribution in [0.15, 0.2) is 18.2 Å². The number of benzene rings is 1. The van der Waals surface area contributed by atoms with Crippen molar-refractivity contribution in [3.63, 3.8) is 0 Å². The first-order valence-electron chi connectivity index (χ1n) is 8.81. The minimum Gasteiger partial charge on any atom is -0.443 e. The maximum Gasteiger partial charge on any atom is 0.414 e. The molecule has 0 aromatic heterocycles. The lowest BCUT2D eigenvalue weighted by molar-refractivity contribution is 0.0584. The highest BCUT2D eigenvalue weighted by Gasteiger charge is 2.29. The molecule has 2 unspecified atom stereocenters. The summed E-state index contributed by atoms with van der Waals surface area (Å²) in [6.45, 7) is 10.3. The number of hydrogen-bond donors (Lipinski definition) is 1. The molecular weight excluding hydrogens is 304 g/mol. The molecule has 1 aromatic rings. The Hall–Kier alpha value is -1.75. The molecule has 3 rings (SSSR count). The van der Waals surface area contributed by atoms with Crippen molar-refractivity contribution in [2.45, 2.75) is 52.2 Å². The highest BCUT2D eigenvalue weighted by atomic mass is 16.6. The molecule has 1 aromatic carbocycles. The minimum absolute atomic E-state index is 0.265.